The molecule has 0 aliphatic carbocycles. The number of para-hydroxylation sites is 1. The van der Waals surface area contributed by atoms with Crippen molar-refractivity contribution in [2.24, 2.45) is 0 Å². The number of hydrogen-bond donors (Lipinski definition) is 1. The van der Waals surface area contributed by atoms with Crippen molar-refractivity contribution in [2.75, 3.05) is 12.4 Å². The number of amides is 1. The smallest absolute Gasteiger partial charge is 0.298 e. The van der Waals surface area contributed by atoms with Crippen molar-refractivity contribution in [3.63, 3.8) is 0 Å². The van der Waals surface area contributed by atoms with Crippen LogP contribution in [0, 0.1) is 0 Å². The lowest BCUT2D eigenvalue weighted by atomic mass is 10.1. The van der Waals surface area contributed by atoms with Crippen LogP contribution < -0.4 is 10.1 Å². The molecule has 0 aliphatic heterocycles. The van der Waals surface area contributed by atoms with E-state index in [0.717, 1.165) is 21.3 Å². The van der Waals surface area contributed by atoms with Gasteiger partial charge in [0.05, 0.1) is 22.9 Å². The molecule has 8 heteroatoms. The van der Waals surface area contributed by atoms with E-state index in [4.69, 9.17) is 16.3 Å². The van der Waals surface area contributed by atoms with Gasteiger partial charge in [-0.3, -0.25) is 14.9 Å². The highest BCUT2D eigenvalue weighted by atomic mass is 35.5. The summed E-state index contributed by atoms with van der Waals surface area (Å²) in [6.07, 6.45) is 1.71. The summed E-state index contributed by atoms with van der Waals surface area (Å²) in [5.74, 6) is -0.767. The molecule has 0 atom stereocenters. The Morgan fingerprint density at radius 1 is 1.09 bits per heavy atom. The molecule has 6 nitrogen and oxygen atoms in total. The van der Waals surface area contributed by atoms with Crippen LogP contribution in [0.15, 0.2) is 72.9 Å². The van der Waals surface area contributed by atoms with Gasteiger partial charge in [-0.1, -0.05) is 47.2 Å². The molecule has 0 saturated heterocycles. The third kappa shape index (κ3) is 4.20. The Bertz CT molecular complexity index is 1470. The van der Waals surface area contributed by atoms with Gasteiger partial charge in [-0.2, -0.15) is 0 Å². The molecule has 33 heavy (non-hydrogen) atoms. The van der Waals surface area contributed by atoms with Crippen LogP contribution >= 0.6 is 22.9 Å². The Hall–Kier alpha value is -3.68. The van der Waals surface area contributed by atoms with E-state index in [2.05, 4.69) is 10.3 Å². The quantitative estimate of drug-likeness (QED) is 0.249. The minimum Gasteiger partial charge on any atom is -0.497 e. The first kappa shape index (κ1) is 21.2. The van der Waals surface area contributed by atoms with Crippen LogP contribution in [-0.4, -0.2) is 28.4 Å². The average Bonchev–Trinajstić information content (AvgIpc) is 3.40. The van der Waals surface area contributed by atoms with Gasteiger partial charge in [-0.05, 0) is 48.0 Å². The van der Waals surface area contributed by atoms with Gasteiger partial charge < -0.3 is 9.30 Å². The van der Waals surface area contributed by atoms with Gasteiger partial charge in [0, 0.05) is 28.7 Å². The summed E-state index contributed by atoms with van der Waals surface area (Å²) < 4.78 is 8.22. The molecular weight excluding hydrogens is 458 g/mol. The lowest BCUT2D eigenvalue weighted by Gasteiger charge is -2.06. The molecule has 1 N–H and O–H groups in total. The second-order valence-electron chi connectivity index (χ2n) is 7.45. The Morgan fingerprint density at radius 3 is 2.64 bits per heavy atom. The first-order chi connectivity index (χ1) is 16.0. The molecule has 0 aliphatic rings. The number of fused-ring (bicyclic) bond motifs is 2. The molecule has 0 radical (unpaired) electrons. The fourth-order valence-electron chi connectivity index (χ4n) is 3.70. The first-order valence-electron chi connectivity index (χ1n) is 10.1. The number of anilines is 1. The lowest BCUT2D eigenvalue weighted by molar-refractivity contribution is -0.112. The Balaban J connectivity index is 1.49. The molecule has 0 saturated carbocycles. The van der Waals surface area contributed by atoms with Crippen molar-refractivity contribution in [3.8, 4) is 5.75 Å². The van der Waals surface area contributed by atoms with Crippen LogP contribution in [0.1, 0.15) is 15.9 Å². The van der Waals surface area contributed by atoms with Crippen LogP contribution in [0.4, 0.5) is 5.13 Å². The molecule has 164 valence electrons. The molecule has 2 aromatic heterocycles. The number of benzene rings is 3. The van der Waals surface area contributed by atoms with Gasteiger partial charge in [0.1, 0.15) is 5.75 Å². The minimum atomic E-state index is -0.734. The van der Waals surface area contributed by atoms with E-state index in [0.29, 0.717) is 33.4 Å². The van der Waals surface area contributed by atoms with Crippen LogP contribution in [-0.2, 0) is 11.3 Å². The maximum absolute atomic E-state index is 13.2. The van der Waals surface area contributed by atoms with Gasteiger partial charge in [0.2, 0.25) is 0 Å². The number of nitrogens with one attached hydrogen (secondary N) is 1. The number of hydrogen-bond acceptors (Lipinski definition) is 5. The molecule has 0 fully saturated rings. The molecule has 0 spiro atoms. The number of ketones is 1. The monoisotopic (exact) mass is 475 g/mol. The summed E-state index contributed by atoms with van der Waals surface area (Å²) in [6, 6.07) is 20.5. The summed E-state index contributed by atoms with van der Waals surface area (Å²) in [4.78, 5) is 30.4. The second-order valence-corrected chi connectivity index (χ2v) is 8.92. The summed E-state index contributed by atoms with van der Waals surface area (Å²) in [7, 11) is 1.56. The number of halogens is 1. The molecular formula is C25H18ClN3O3S. The normalized spacial score (nSPS) is 11.1. The van der Waals surface area contributed by atoms with Crippen LogP contribution in [0.5, 0.6) is 5.75 Å². The molecule has 2 heterocycles. The van der Waals surface area contributed by atoms with E-state index in [9.17, 15) is 9.59 Å². The average molecular weight is 476 g/mol. The Labute approximate surface area is 198 Å². The van der Waals surface area contributed by atoms with E-state index >= 15 is 0 Å². The zero-order valence-electron chi connectivity index (χ0n) is 17.5. The number of methoxy groups -OCH3 is 1. The molecule has 3 aromatic carbocycles. The molecule has 5 rings (SSSR count). The topological polar surface area (TPSA) is 73.2 Å². The number of rotatable bonds is 6. The third-order valence-corrected chi connectivity index (χ3v) is 6.52. The summed E-state index contributed by atoms with van der Waals surface area (Å²) in [6.45, 7) is 0.521. The number of ether oxygens (including phenoxy) is 1. The van der Waals surface area contributed by atoms with Gasteiger partial charge >= 0.3 is 0 Å². The fraction of sp³-hybridized carbons (Fsp3) is 0.0800. The summed E-state index contributed by atoms with van der Waals surface area (Å²) in [5.41, 5.74) is 2.91. The lowest BCUT2D eigenvalue weighted by Crippen LogP contribution is -2.22. The number of aromatic nitrogens is 2. The van der Waals surface area contributed by atoms with Crippen molar-refractivity contribution in [1.29, 1.82) is 0 Å². The van der Waals surface area contributed by atoms with Gasteiger partial charge in [0.25, 0.3) is 11.7 Å². The van der Waals surface area contributed by atoms with Gasteiger partial charge in [0.15, 0.2) is 5.13 Å². The standard InChI is InChI=1S/C25H18ClN3O3S/c1-32-17-10-11-21-18(12-17)19(14-29(21)13-15-6-8-16(26)9-7-15)23(30)24(31)28-25-27-20-4-2-3-5-22(20)33-25/h2-12,14H,13H2,1H3,(H,27,28,31). The van der Waals surface area contributed by atoms with Crippen molar-refractivity contribution < 1.29 is 14.3 Å². The van der Waals surface area contributed by atoms with Crippen LogP contribution in [0.3, 0.4) is 0 Å². The minimum absolute atomic E-state index is 0.302. The number of Topliss-reactive ketones (excluding diaryl/α,β-unsaturated/α-hetero) is 1. The predicted molar refractivity (Wildman–Crippen MR) is 132 cm³/mol. The SMILES string of the molecule is COc1ccc2c(c1)c(C(=O)C(=O)Nc1nc3ccccc3s1)cn2Cc1ccc(Cl)cc1. The van der Waals surface area contributed by atoms with Crippen molar-refractivity contribution in [1.82, 2.24) is 9.55 Å². The van der Waals surface area contributed by atoms with E-state index in [1.54, 1.807) is 19.4 Å². The summed E-state index contributed by atoms with van der Waals surface area (Å²) in [5, 5.41) is 4.34. The van der Waals surface area contributed by atoms with Gasteiger partial charge in [-0.15, -0.1) is 0 Å². The second kappa shape index (κ2) is 8.69. The maximum atomic E-state index is 13.2. The van der Waals surface area contributed by atoms with Crippen molar-refractivity contribution in [2.45, 2.75) is 6.54 Å². The van der Waals surface area contributed by atoms with E-state index in [-0.39, 0.29) is 0 Å². The number of thiazole rings is 1. The zero-order valence-corrected chi connectivity index (χ0v) is 19.1. The van der Waals surface area contributed by atoms with Crippen molar-refractivity contribution in [3.05, 3.63) is 89.1 Å². The highest BCUT2D eigenvalue weighted by Crippen LogP contribution is 2.29. The first-order valence-corrected chi connectivity index (χ1v) is 11.3. The third-order valence-electron chi connectivity index (χ3n) is 5.32. The fourth-order valence-corrected chi connectivity index (χ4v) is 4.69. The molecule has 1 amide bonds. The number of nitrogens with zero attached hydrogens (tertiary/aromatic N) is 2. The van der Waals surface area contributed by atoms with E-state index < -0.39 is 11.7 Å². The number of carbonyl (C=O) groups excluding carboxylic acids is 2. The zero-order chi connectivity index (χ0) is 22.9. The number of carbonyl (C=O) groups is 2. The van der Waals surface area contributed by atoms with Crippen molar-refractivity contribution >= 4 is 60.9 Å². The summed E-state index contributed by atoms with van der Waals surface area (Å²) >= 11 is 7.33. The molecule has 5 aromatic rings. The van der Waals surface area contributed by atoms with Gasteiger partial charge in [-0.25, -0.2) is 4.98 Å². The van der Waals surface area contributed by atoms with Crippen LogP contribution in [0.25, 0.3) is 21.1 Å². The Kier molecular flexibility index (Phi) is 5.58. The predicted octanol–water partition coefficient (Wildman–Crippen LogP) is 5.78. The Morgan fingerprint density at radius 2 is 1.88 bits per heavy atom. The highest BCUT2D eigenvalue weighted by molar-refractivity contribution is 7.22. The highest BCUT2D eigenvalue weighted by Gasteiger charge is 2.23. The van der Waals surface area contributed by atoms with E-state index in [1.807, 2.05) is 65.2 Å². The molecule has 0 bridgehead atoms. The molecule has 0 unspecified atom stereocenters. The van der Waals surface area contributed by atoms with Crippen LogP contribution in [0.2, 0.25) is 5.02 Å². The largest absolute Gasteiger partial charge is 0.497 e. The maximum Gasteiger partial charge on any atom is 0.298 e. The van der Waals surface area contributed by atoms with E-state index in [1.165, 1.54) is 11.3 Å².